The van der Waals surface area contributed by atoms with Gasteiger partial charge in [0.25, 0.3) is 0 Å². The fraction of sp³-hybridized carbons (Fsp3) is 0.867. The Bertz CT molecular complexity index is 689. The van der Waals surface area contributed by atoms with E-state index in [1.165, 1.54) is 57.8 Å². The molecule has 31 heavy (non-hydrogen) atoms. The van der Waals surface area contributed by atoms with Crippen molar-refractivity contribution in [2.45, 2.75) is 105 Å². The molecular formula is C30H50O. The van der Waals surface area contributed by atoms with Crippen molar-refractivity contribution in [2.75, 3.05) is 7.11 Å². The van der Waals surface area contributed by atoms with Gasteiger partial charge in [-0.1, -0.05) is 65.3 Å². The Morgan fingerprint density at radius 2 is 1.81 bits per heavy atom. The maximum absolute atomic E-state index is 5.76. The molecule has 1 nitrogen and oxygen atoms in total. The third-order valence-corrected chi connectivity index (χ3v) is 11.1. The normalized spacial score (nSPS) is 44.5. The quantitative estimate of drug-likeness (QED) is 0.387. The number of allylic oxidation sites excluding steroid dienone is 3. The van der Waals surface area contributed by atoms with E-state index in [1.54, 1.807) is 5.57 Å². The van der Waals surface area contributed by atoms with E-state index in [-0.39, 0.29) is 0 Å². The van der Waals surface area contributed by atoms with Crippen LogP contribution in [0.15, 0.2) is 23.8 Å². The van der Waals surface area contributed by atoms with Crippen LogP contribution in [0.1, 0.15) is 99.3 Å². The third-order valence-electron chi connectivity index (χ3n) is 11.1. The molecule has 0 aromatic rings. The van der Waals surface area contributed by atoms with Crippen LogP contribution in [0.5, 0.6) is 0 Å². The number of methoxy groups -OCH3 is 1. The van der Waals surface area contributed by atoms with E-state index < -0.39 is 0 Å². The molecule has 0 spiro atoms. The van der Waals surface area contributed by atoms with E-state index in [9.17, 15) is 0 Å². The standard InChI is InChI=1S/C30H50O/c1-8-22(20(2)3)10-9-21(4)26-13-14-27-25-12-11-23-19-24(31-7)15-17-29(23,5)28(25)16-18-30(26,27)6/h9-11,20-22,24-28H,8,12-19H2,1-7H3/b10-9+/t21-,22-,24+,25+,26-,27+,28+,29+,30-/m1/s1. The highest BCUT2D eigenvalue weighted by Gasteiger charge is 2.59. The summed E-state index contributed by atoms with van der Waals surface area (Å²) >= 11 is 0. The maximum atomic E-state index is 5.76. The summed E-state index contributed by atoms with van der Waals surface area (Å²) in [5, 5.41) is 0. The number of fused-ring (bicyclic) bond motifs is 5. The lowest BCUT2D eigenvalue weighted by molar-refractivity contribution is -0.0572. The van der Waals surface area contributed by atoms with Gasteiger partial charge in [0.05, 0.1) is 6.10 Å². The lowest BCUT2D eigenvalue weighted by atomic mass is 9.47. The number of ether oxygens (including phenoxy) is 1. The molecule has 0 aliphatic heterocycles. The minimum atomic E-state index is 0.453. The molecule has 0 bridgehead atoms. The van der Waals surface area contributed by atoms with Crippen LogP contribution in [0.3, 0.4) is 0 Å². The smallest absolute Gasteiger partial charge is 0.0608 e. The van der Waals surface area contributed by atoms with E-state index >= 15 is 0 Å². The summed E-state index contributed by atoms with van der Waals surface area (Å²) in [4.78, 5) is 0. The molecule has 4 aliphatic carbocycles. The van der Waals surface area contributed by atoms with Crippen molar-refractivity contribution in [2.24, 2.45) is 52.3 Å². The van der Waals surface area contributed by atoms with Gasteiger partial charge in [0, 0.05) is 7.11 Å². The van der Waals surface area contributed by atoms with Crippen LogP contribution in [-0.2, 0) is 4.74 Å². The Morgan fingerprint density at radius 1 is 1.03 bits per heavy atom. The maximum Gasteiger partial charge on any atom is 0.0608 e. The van der Waals surface area contributed by atoms with Gasteiger partial charge < -0.3 is 4.74 Å². The minimum Gasteiger partial charge on any atom is -0.381 e. The molecular weight excluding hydrogens is 376 g/mol. The van der Waals surface area contributed by atoms with Crippen LogP contribution in [0, 0.1) is 52.3 Å². The molecule has 4 rings (SSSR count). The monoisotopic (exact) mass is 426 g/mol. The summed E-state index contributed by atoms with van der Waals surface area (Å²) in [5.41, 5.74) is 2.75. The summed E-state index contributed by atoms with van der Waals surface area (Å²) in [5.74, 6) is 5.88. The lowest BCUT2D eigenvalue weighted by Crippen LogP contribution is -2.50. The van der Waals surface area contributed by atoms with Gasteiger partial charge in [-0.2, -0.15) is 0 Å². The van der Waals surface area contributed by atoms with Crippen LogP contribution in [0.4, 0.5) is 0 Å². The molecule has 176 valence electrons. The predicted molar refractivity (Wildman–Crippen MR) is 133 cm³/mol. The van der Waals surface area contributed by atoms with Crippen molar-refractivity contribution in [3.05, 3.63) is 23.8 Å². The second-order valence-corrected chi connectivity index (χ2v) is 12.6. The first kappa shape index (κ1) is 23.6. The average Bonchev–Trinajstić information content (AvgIpc) is 3.10. The second-order valence-electron chi connectivity index (χ2n) is 12.6. The molecule has 0 unspecified atom stereocenters. The SMILES string of the molecule is CC[C@H](/C=C/[C@@H](C)[C@H]1CC[C@H]2[C@@H]3CC=C4C[C@@H](OC)CC[C@]4(C)[C@H]3CC[C@]12C)C(C)C. The molecule has 0 heterocycles. The summed E-state index contributed by atoms with van der Waals surface area (Å²) in [7, 11) is 1.91. The minimum absolute atomic E-state index is 0.453. The molecule has 9 atom stereocenters. The van der Waals surface area contributed by atoms with Gasteiger partial charge in [-0.25, -0.2) is 0 Å². The third kappa shape index (κ3) is 4.00. The fourth-order valence-electron chi connectivity index (χ4n) is 9.01. The van der Waals surface area contributed by atoms with E-state index in [1.807, 2.05) is 7.11 Å². The van der Waals surface area contributed by atoms with Crippen molar-refractivity contribution < 1.29 is 4.74 Å². The number of hydrogen-bond acceptors (Lipinski definition) is 1. The number of rotatable bonds is 6. The van der Waals surface area contributed by atoms with E-state index in [0.29, 0.717) is 16.9 Å². The van der Waals surface area contributed by atoms with Gasteiger partial charge >= 0.3 is 0 Å². The summed E-state index contributed by atoms with van der Waals surface area (Å²) in [6.45, 7) is 14.9. The second kappa shape index (κ2) is 9.00. The van der Waals surface area contributed by atoms with E-state index in [0.717, 1.165) is 41.4 Å². The Balaban J connectivity index is 1.51. The lowest BCUT2D eigenvalue weighted by Gasteiger charge is -2.58. The van der Waals surface area contributed by atoms with Gasteiger partial charge in [-0.05, 0) is 110 Å². The van der Waals surface area contributed by atoms with Crippen LogP contribution in [0.25, 0.3) is 0 Å². The van der Waals surface area contributed by atoms with Crippen LogP contribution < -0.4 is 0 Å². The molecule has 1 heteroatoms. The molecule has 0 aromatic carbocycles. The van der Waals surface area contributed by atoms with Crippen LogP contribution >= 0.6 is 0 Å². The molecule has 0 saturated heterocycles. The first-order valence-corrected chi connectivity index (χ1v) is 13.6. The molecule has 0 radical (unpaired) electrons. The zero-order valence-electron chi connectivity index (χ0n) is 21.6. The van der Waals surface area contributed by atoms with E-state index in [4.69, 9.17) is 4.74 Å². The molecule has 0 aromatic heterocycles. The molecule has 0 N–H and O–H groups in total. The van der Waals surface area contributed by atoms with Gasteiger partial charge in [-0.15, -0.1) is 0 Å². The van der Waals surface area contributed by atoms with E-state index in [2.05, 4.69) is 59.8 Å². The average molecular weight is 427 g/mol. The predicted octanol–water partition coefficient (Wildman–Crippen LogP) is 8.45. The van der Waals surface area contributed by atoms with Gasteiger partial charge in [0.15, 0.2) is 0 Å². The van der Waals surface area contributed by atoms with Gasteiger partial charge in [-0.3, -0.25) is 0 Å². The first-order chi connectivity index (χ1) is 14.7. The van der Waals surface area contributed by atoms with Crippen molar-refractivity contribution in [1.29, 1.82) is 0 Å². The van der Waals surface area contributed by atoms with Crippen LogP contribution in [-0.4, -0.2) is 13.2 Å². The summed E-state index contributed by atoms with van der Waals surface area (Å²) in [6.07, 6.45) is 20.6. The fourth-order valence-corrected chi connectivity index (χ4v) is 9.01. The Labute approximate surface area is 193 Å². The first-order valence-electron chi connectivity index (χ1n) is 13.6. The highest BCUT2D eigenvalue weighted by molar-refractivity contribution is 5.25. The topological polar surface area (TPSA) is 9.23 Å². The van der Waals surface area contributed by atoms with Crippen molar-refractivity contribution in [1.82, 2.24) is 0 Å². The Morgan fingerprint density at radius 3 is 2.48 bits per heavy atom. The molecule has 4 aliphatic rings. The molecule has 3 saturated carbocycles. The summed E-state index contributed by atoms with van der Waals surface area (Å²) < 4.78 is 5.76. The Kier molecular flexibility index (Phi) is 6.85. The van der Waals surface area contributed by atoms with Crippen LogP contribution in [0.2, 0.25) is 0 Å². The number of hydrogen-bond donors (Lipinski definition) is 0. The van der Waals surface area contributed by atoms with Crippen molar-refractivity contribution >= 4 is 0 Å². The van der Waals surface area contributed by atoms with Crippen molar-refractivity contribution in [3.63, 3.8) is 0 Å². The highest BCUT2D eigenvalue weighted by Crippen LogP contribution is 2.67. The molecule has 0 amide bonds. The van der Waals surface area contributed by atoms with Gasteiger partial charge in [0.1, 0.15) is 0 Å². The summed E-state index contributed by atoms with van der Waals surface area (Å²) in [6, 6.07) is 0. The largest absolute Gasteiger partial charge is 0.381 e. The zero-order chi connectivity index (χ0) is 22.4. The van der Waals surface area contributed by atoms with Crippen molar-refractivity contribution in [3.8, 4) is 0 Å². The zero-order valence-corrected chi connectivity index (χ0v) is 21.6. The van der Waals surface area contributed by atoms with Gasteiger partial charge in [0.2, 0.25) is 0 Å². The molecule has 3 fully saturated rings. The highest BCUT2D eigenvalue weighted by atomic mass is 16.5. The Hall–Kier alpha value is -0.560.